The van der Waals surface area contributed by atoms with Gasteiger partial charge in [-0.05, 0) is 48.7 Å². The predicted molar refractivity (Wildman–Crippen MR) is 111 cm³/mol. The highest BCUT2D eigenvalue weighted by Crippen LogP contribution is 2.18. The third kappa shape index (κ3) is 5.99. The number of rotatable bonds is 9. The van der Waals surface area contributed by atoms with Gasteiger partial charge >= 0.3 is 0 Å². The number of ether oxygens (including phenoxy) is 1. The van der Waals surface area contributed by atoms with Crippen LogP contribution in [0, 0.1) is 0 Å². The van der Waals surface area contributed by atoms with E-state index >= 15 is 0 Å². The Morgan fingerprint density at radius 2 is 1.64 bits per heavy atom. The molecule has 0 saturated carbocycles. The Balaban J connectivity index is 2.25. The van der Waals surface area contributed by atoms with Crippen molar-refractivity contribution in [1.29, 1.82) is 0 Å². The Morgan fingerprint density at radius 3 is 2.18 bits per heavy atom. The summed E-state index contributed by atoms with van der Waals surface area (Å²) >= 11 is 5.93. The molecule has 2 rings (SSSR count). The SMILES string of the molecule is CCNC(=O)C(CC)N(Cc1ccc(OC)cc1)C(=O)Cc1ccc(Cl)cc1. The molecule has 0 bridgehead atoms. The molecule has 2 aromatic rings. The summed E-state index contributed by atoms with van der Waals surface area (Å²) in [6.45, 7) is 4.66. The maximum atomic E-state index is 13.1. The van der Waals surface area contributed by atoms with Crippen LogP contribution in [0.2, 0.25) is 5.02 Å². The summed E-state index contributed by atoms with van der Waals surface area (Å²) in [7, 11) is 1.61. The predicted octanol–water partition coefficient (Wildman–Crippen LogP) is 3.83. The van der Waals surface area contributed by atoms with E-state index in [-0.39, 0.29) is 18.2 Å². The number of amides is 2. The van der Waals surface area contributed by atoms with E-state index in [0.29, 0.717) is 24.5 Å². The minimum Gasteiger partial charge on any atom is -0.497 e. The fourth-order valence-electron chi connectivity index (χ4n) is 3.02. The second kappa shape index (κ2) is 10.7. The Kier molecular flexibility index (Phi) is 8.33. The standard InChI is InChI=1S/C22H27ClN2O3/c1-4-20(22(27)24-5-2)25(15-17-8-12-19(28-3)13-9-17)21(26)14-16-6-10-18(23)11-7-16/h6-13,20H,4-5,14-15H2,1-3H3,(H,24,27). The van der Waals surface area contributed by atoms with Crippen LogP contribution < -0.4 is 10.1 Å². The van der Waals surface area contributed by atoms with Crippen LogP contribution in [0.1, 0.15) is 31.4 Å². The van der Waals surface area contributed by atoms with Crippen LogP contribution in [0.15, 0.2) is 48.5 Å². The average molecular weight is 403 g/mol. The highest BCUT2D eigenvalue weighted by Gasteiger charge is 2.28. The molecule has 0 spiro atoms. The molecule has 6 heteroatoms. The molecular weight excluding hydrogens is 376 g/mol. The van der Waals surface area contributed by atoms with Gasteiger partial charge in [0, 0.05) is 18.1 Å². The minimum atomic E-state index is -0.526. The van der Waals surface area contributed by atoms with Gasteiger partial charge in [0.05, 0.1) is 13.5 Å². The number of halogens is 1. The Bertz CT molecular complexity index is 775. The van der Waals surface area contributed by atoms with Crippen LogP contribution in [-0.2, 0) is 22.6 Å². The topological polar surface area (TPSA) is 58.6 Å². The number of methoxy groups -OCH3 is 1. The minimum absolute atomic E-state index is 0.101. The maximum absolute atomic E-state index is 13.1. The Labute approximate surface area is 171 Å². The molecule has 0 heterocycles. The van der Waals surface area contributed by atoms with E-state index in [9.17, 15) is 9.59 Å². The number of carbonyl (C=O) groups is 2. The summed E-state index contributed by atoms with van der Waals surface area (Å²) in [6, 6.07) is 14.2. The van der Waals surface area contributed by atoms with Gasteiger partial charge in [-0.2, -0.15) is 0 Å². The van der Waals surface area contributed by atoms with Crippen LogP contribution >= 0.6 is 11.6 Å². The number of likely N-dealkylation sites (N-methyl/N-ethyl adjacent to an activating group) is 1. The van der Waals surface area contributed by atoms with E-state index in [4.69, 9.17) is 16.3 Å². The molecule has 1 unspecified atom stereocenters. The van der Waals surface area contributed by atoms with E-state index in [0.717, 1.165) is 16.9 Å². The molecule has 0 aliphatic rings. The molecule has 0 aromatic heterocycles. The van der Waals surface area contributed by atoms with Crippen molar-refractivity contribution < 1.29 is 14.3 Å². The maximum Gasteiger partial charge on any atom is 0.242 e. The fraction of sp³-hybridized carbons (Fsp3) is 0.364. The molecule has 0 fully saturated rings. The molecule has 28 heavy (non-hydrogen) atoms. The van der Waals surface area contributed by atoms with Gasteiger partial charge in [0.15, 0.2) is 0 Å². The van der Waals surface area contributed by atoms with Crippen molar-refractivity contribution in [3.63, 3.8) is 0 Å². The smallest absolute Gasteiger partial charge is 0.242 e. The largest absolute Gasteiger partial charge is 0.497 e. The molecule has 0 aliphatic carbocycles. The first-order chi connectivity index (χ1) is 13.5. The number of hydrogen-bond donors (Lipinski definition) is 1. The van der Waals surface area contributed by atoms with E-state index in [1.165, 1.54) is 0 Å². The van der Waals surface area contributed by atoms with Crippen molar-refractivity contribution >= 4 is 23.4 Å². The van der Waals surface area contributed by atoms with Gasteiger partial charge < -0.3 is 15.0 Å². The molecule has 2 amide bonds. The monoisotopic (exact) mass is 402 g/mol. The van der Waals surface area contributed by atoms with Crippen LogP contribution in [0.5, 0.6) is 5.75 Å². The lowest BCUT2D eigenvalue weighted by molar-refractivity contribution is -0.140. The van der Waals surface area contributed by atoms with Crippen LogP contribution in [0.25, 0.3) is 0 Å². The number of hydrogen-bond acceptors (Lipinski definition) is 3. The third-order valence-electron chi connectivity index (χ3n) is 4.52. The number of benzene rings is 2. The van der Waals surface area contributed by atoms with Crippen LogP contribution in [0.3, 0.4) is 0 Å². The first kappa shape index (κ1) is 21.8. The highest BCUT2D eigenvalue weighted by molar-refractivity contribution is 6.30. The third-order valence-corrected chi connectivity index (χ3v) is 4.77. The summed E-state index contributed by atoms with van der Waals surface area (Å²) in [4.78, 5) is 27.3. The molecule has 1 atom stereocenters. The normalized spacial score (nSPS) is 11.6. The zero-order valence-corrected chi connectivity index (χ0v) is 17.3. The summed E-state index contributed by atoms with van der Waals surface area (Å²) in [5, 5.41) is 3.46. The first-order valence-corrected chi connectivity index (χ1v) is 9.80. The summed E-state index contributed by atoms with van der Waals surface area (Å²) in [5.41, 5.74) is 1.80. The number of nitrogens with one attached hydrogen (secondary N) is 1. The molecular formula is C22H27ClN2O3. The molecule has 0 saturated heterocycles. The van der Waals surface area contributed by atoms with E-state index in [1.54, 1.807) is 24.1 Å². The van der Waals surface area contributed by atoms with Gasteiger partial charge in [0.1, 0.15) is 11.8 Å². The summed E-state index contributed by atoms with van der Waals surface area (Å²) < 4.78 is 5.19. The van der Waals surface area contributed by atoms with Gasteiger partial charge in [0.25, 0.3) is 0 Å². The van der Waals surface area contributed by atoms with E-state index in [1.807, 2.05) is 50.2 Å². The molecule has 0 radical (unpaired) electrons. The Morgan fingerprint density at radius 1 is 1.04 bits per heavy atom. The van der Waals surface area contributed by atoms with Crippen molar-refractivity contribution in [2.45, 2.75) is 39.3 Å². The van der Waals surface area contributed by atoms with Crippen LogP contribution in [-0.4, -0.2) is 36.4 Å². The molecule has 0 aliphatic heterocycles. The van der Waals surface area contributed by atoms with Gasteiger partial charge in [-0.1, -0.05) is 42.8 Å². The summed E-state index contributed by atoms with van der Waals surface area (Å²) in [5.74, 6) is 0.512. The first-order valence-electron chi connectivity index (χ1n) is 9.43. The highest BCUT2D eigenvalue weighted by atomic mass is 35.5. The average Bonchev–Trinajstić information content (AvgIpc) is 2.70. The van der Waals surface area contributed by atoms with Crippen molar-refractivity contribution in [3.05, 3.63) is 64.7 Å². The van der Waals surface area contributed by atoms with Crippen molar-refractivity contribution in [3.8, 4) is 5.75 Å². The lowest BCUT2D eigenvalue weighted by atomic mass is 10.1. The van der Waals surface area contributed by atoms with Gasteiger partial charge in [-0.3, -0.25) is 9.59 Å². The van der Waals surface area contributed by atoms with Gasteiger partial charge in [-0.15, -0.1) is 0 Å². The fourth-order valence-corrected chi connectivity index (χ4v) is 3.14. The Hall–Kier alpha value is -2.53. The zero-order chi connectivity index (χ0) is 20.5. The van der Waals surface area contributed by atoms with Gasteiger partial charge in [0.2, 0.25) is 11.8 Å². The van der Waals surface area contributed by atoms with E-state index < -0.39 is 6.04 Å². The lowest BCUT2D eigenvalue weighted by Crippen LogP contribution is -2.49. The number of nitrogens with zero attached hydrogens (tertiary/aromatic N) is 1. The lowest BCUT2D eigenvalue weighted by Gasteiger charge is -2.30. The van der Waals surface area contributed by atoms with E-state index in [2.05, 4.69) is 5.32 Å². The van der Waals surface area contributed by atoms with Crippen molar-refractivity contribution in [2.75, 3.05) is 13.7 Å². The van der Waals surface area contributed by atoms with Crippen LogP contribution in [0.4, 0.5) is 0 Å². The summed E-state index contributed by atoms with van der Waals surface area (Å²) in [6.07, 6.45) is 0.748. The van der Waals surface area contributed by atoms with Gasteiger partial charge in [-0.25, -0.2) is 0 Å². The zero-order valence-electron chi connectivity index (χ0n) is 16.6. The number of carbonyl (C=O) groups excluding carboxylic acids is 2. The molecule has 2 aromatic carbocycles. The second-order valence-corrected chi connectivity index (χ2v) is 6.93. The van der Waals surface area contributed by atoms with Crippen molar-refractivity contribution in [2.24, 2.45) is 0 Å². The van der Waals surface area contributed by atoms with Crippen molar-refractivity contribution in [1.82, 2.24) is 10.2 Å². The molecule has 1 N–H and O–H groups in total. The quantitative estimate of drug-likeness (QED) is 0.693. The molecule has 5 nitrogen and oxygen atoms in total. The molecule has 150 valence electrons. The second-order valence-electron chi connectivity index (χ2n) is 6.49.